The van der Waals surface area contributed by atoms with E-state index in [1.54, 1.807) is 0 Å². The Labute approximate surface area is 90.9 Å². The van der Waals surface area contributed by atoms with Gasteiger partial charge in [-0.05, 0) is 0 Å². The predicted octanol–water partition coefficient (Wildman–Crippen LogP) is 0.209. The molecule has 0 radical (unpaired) electrons. The predicted molar refractivity (Wildman–Crippen MR) is 47.1 cm³/mol. The fourth-order valence-electron chi connectivity index (χ4n) is 0.665. The lowest BCUT2D eigenvalue weighted by Gasteiger charge is -2.08. The third-order valence-electron chi connectivity index (χ3n) is 1.82. The molecule has 0 amide bonds. The van der Waals surface area contributed by atoms with Crippen LogP contribution >= 0.6 is 0 Å². The lowest BCUT2D eigenvalue weighted by atomic mass is 10.7. The Bertz CT molecular complexity index is 430. The van der Waals surface area contributed by atoms with Crippen molar-refractivity contribution < 1.29 is 30.7 Å². The van der Waals surface area contributed by atoms with Gasteiger partial charge in [0.25, 0.3) is 5.82 Å². The first-order valence-corrected chi connectivity index (χ1v) is 5.37. The van der Waals surface area contributed by atoms with E-state index in [4.69, 9.17) is 13.0 Å². The maximum Gasteiger partial charge on any atom is 0.485 e. The minimum atomic E-state index is -6.09. The highest BCUT2D eigenvalue weighted by Gasteiger charge is 2.36. The largest absolute Gasteiger partial charge is 0.741 e. The van der Waals surface area contributed by atoms with Crippen LogP contribution in [0.3, 0.4) is 0 Å². The zero-order valence-electron chi connectivity index (χ0n) is 8.82. The van der Waals surface area contributed by atoms with Crippen molar-refractivity contribution in [2.45, 2.75) is 12.4 Å². The van der Waals surface area contributed by atoms with Gasteiger partial charge >= 0.3 is 5.51 Å². The molecule has 0 bridgehead atoms. The van der Waals surface area contributed by atoms with Crippen LogP contribution in [0.4, 0.5) is 13.2 Å². The van der Waals surface area contributed by atoms with Crippen LogP contribution in [0.5, 0.6) is 0 Å². The molecule has 5 nitrogen and oxygen atoms in total. The zero-order chi connectivity index (χ0) is 13.1. The maximum absolute atomic E-state index is 10.7. The van der Waals surface area contributed by atoms with E-state index in [1.807, 2.05) is 26.5 Å². The first kappa shape index (κ1) is 14.9. The number of hydrogen-bond donors (Lipinski definition) is 0. The van der Waals surface area contributed by atoms with Gasteiger partial charge in [0.15, 0.2) is 10.1 Å². The summed E-state index contributed by atoms with van der Waals surface area (Å²) in [5, 5.41) is 0. The van der Waals surface area contributed by atoms with Crippen molar-refractivity contribution in [1.82, 2.24) is 4.57 Å². The van der Waals surface area contributed by atoms with E-state index in [2.05, 4.69) is 16.1 Å². The lowest BCUT2D eigenvalue weighted by molar-refractivity contribution is -0.677. The first-order chi connectivity index (χ1) is 6.97. The molecule has 9 heteroatoms. The fourth-order valence-corrected chi connectivity index (χ4v) is 0.665. The van der Waals surface area contributed by atoms with Crippen LogP contribution in [0.2, 0.25) is 0 Å². The summed E-state index contributed by atoms with van der Waals surface area (Å²) in [4.78, 5) is 0. The molecule has 0 fully saturated rings. The quantitative estimate of drug-likeness (QED) is 0.380. The molecular weight excluding hydrogens is 249 g/mol. The summed E-state index contributed by atoms with van der Waals surface area (Å²) in [6, 6.07) is 0. The van der Waals surface area contributed by atoms with Gasteiger partial charge < -0.3 is 4.55 Å². The molecule has 0 spiro atoms. The summed E-state index contributed by atoms with van der Waals surface area (Å²) >= 11 is 0. The molecule has 0 aromatic carbocycles. The highest BCUT2D eigenvalue weighted by atomic mass is 32.2. The summed E-state index contributed by atoms with van der Waals surface area (Å²) < 4.78 is 63.1. The Morgan fingerprint density at radius 3 is 1.88 bits per heavy atom. The third kappa shape index (κ3) is 4.19. The van der Waals surface area contributed by atoms with Crippen molar-refractivity contribution in [1.29, 1.82) is 0 Å². The van der Waals surface area contributed by atoms with E-state index >= 15 is 0 Å². The number of aromatic nitrogens is 2. The van der Waals surface area contributed by atoms with Gasteiger partial charge in [-0.1, -0.05) is 0 Å². The van der Waals surface area contributed by atoms with Crippen LogP contribution in [-0.4, -0.2) is 23.0 Å². The molecule has 1 heterocycles. The average molecular weight is 260 g/mol. The van der Waals surface area contributed by atoms with Crippen molar-refractivity contribution in [2.24, 2.45) is 14.1 Å². The molecule has 0 N–H and O–H groups in total. The molecule has 1 rings (SSSR count). The van der Waals surface area contributed by atoms with Crippen LogP contribution < -0.4 is 4.57 Å². The molecule has 0 aliphatic carbocycles. The molecule has 0 aliphatic heterocycles. The number of aryl methyl sites for hydroxylation is 2. The van der Waals surface area contributed by atoms with Crippen LogP contribution in [-0.2, 0) is 24.2 Å². The summed E-state index contributed by atoms with van der Waals surface area (Å²) in [6.07, 6.45) is 4.07. The third-order valence-corrected chi connectivity index (χ3v) is 2.39. The molecule has 1 aromatic heterocycles. The Kier molecular flexibility index (Phi) is 4.50. The normalized spacial score (nSPS) is 11.9. The number of nitrogens with zero attached hydrogens (tertiary/aromatic N) is 2. The van der Waals surface area contributed by atoms with E-state index in [0.717, 1.165) is 0 Å². The smallest absolute Gasteiger partial charge is 0.485 e. The first-order valence-electron chi connectivity index (χ1n) is 3.96. The molecule has 0 atom stereocenters. The van der Waals surface area contributed by atoms with Gasteiger partial charge in [0.2, 0.25) is 0 Å². The van der Waals surface area contributed by atoms with Crippen molar-refractivity contribution in [3.05, 3.63) is 18.2 Å². The SMILES string of the molecule is Cc1n(C)cc[n+]1C.O=S(=O)([O-])C(F)(F)F. The highest BCUT2D eigenvalue weighted by Crippen LogP contribution is 2.20. The standard InChI is InChI=1S/C6H11N2.CHF3O3S/c1-6-7(2)4-5-8(6)3;2-1(3,4)8(5,6)7/h4-5H,1-3H3;(H,5,6,7)/q+1;/p-1. The molecule has 16 heavy (non-hydrogen) atoms. The van der Waals surface area contributed by atoms with Crippen LogP contribution in [0.25, 0.3) is 0 Å². The van der Waals surface area contributed by atoms with E-state index in [-0.39, 0.29) is 0 Å². The Hall–Kier alpha value is -1.09. The summed E-state index contributed by atoms with van der Waals surface area (Å²) in [6.45, 7) is 2.08. The van der Waals surface area contributed by atoms with Crippen LogP contribution in [0.15, 0.2) is 12.4 Å². The highest BCUT2D eigenvalue weighted by molar-refractivity contribution is 7.86. The summed E-state index contributed by atoms with van der Waals surface area (Å²) in [5.74, 6) is 1.27. The number of imidazole rings is 1. The molecule has 0 unspecified atom stereocenters. The van der Waals surface area contributed by atoms with Crippen LogP contribution in [0.1, 0.15) is 5.82 Å². The van der Waals surface area contributed by atoms with Gasteiger partial charge in [-0.2, -0.15) is 13.2 Å². The van der Waals surface area contributed by atoms with E-state index < -0.39 is 15.6 Å². The second kappa shape index (κ2) is 4.83. The Morgan fingerprint density at radius 1 is 1.44 bits per heavy atom. The minimum absolute atomic E-state index is 1.27. The van der Waals surface area contributed by atoms with Gasteiger partial charge in [-0.3, -0.25) is 0 Å². The second-order valence-electron chi connectivity index (χ2n) is 2.97. The molecule has 1 aromatic rings. The fraction of sp³-hybridized carbons (Fsp3) is 0.571. The van der Waals surface area contributed by atoms with Crippen molar-refractivity contribution in [2.75, 3.05) is 0 Å². The number of alkyl halides is 3. The van der Waals surface area contributed by atoms with Crippen molar-refractivity contribution in [3.63, 3.8) is 0 Å². The van der Waals surface area contributed by atoms with Crippen LogP contribution in [0, 0.1) is 6.92 Å². The number of hydrogen-bond acceptors (Lipinski definition) is 3. The van der Waals surface area contributed by atoms with Gasteiger partial charge in [-0.25, -0.2) is 17.6 Å². The topological polar surface area (TPSA) is 66.0 Å². The lowest BCUT2D eigenvalue weighted by Crippen LogP contribution is -2.29. The van der Waals surface area contributed by atoms with Gasteiger partial charge in [-0.15, -0.1) is 0 Å². The van der Waals surface area contributed by atoms with Gasteiger partial charge in [0.05, 0.1) is 14.1 Å². The van der Waals surface area contributed by atoms with Crippen molar-refractivity contribution in [3.8, 4) is 0 Å². The zero-order valence-corrected chi connectivity index (χ0v) is 9.63. The molecule has 94 valence electrons. The molecule has 0 aliphatic rings. The Balaban J connectivity index is 0.000000281. The van der Waals surface area contributed by atoms with E-state index in [0.29, 0.717) is 0 Å². The number of rotatable bonds is 0. The summed E-state index contributed by atoms with van der Waals surface area (Å²) in [5.41, 5.74) is -5.65. The molecule has 0 saturated carbocycles. The van der Waals surface area contributed by atoms with E-state index in [9.17, 15) is 13.2 Å². The second-order valence-corrected chi connectivity index (χ2v) is 4.34. The monoisotopic (exact) mass is 260 g/mol. The average Bonchev–Trinajstić information content (AvgIpc) is 2.34. The number of halogens is 3. The van der Waals surface area contributed by atoms with E-state index in [1.165, 1.54) is 5.82 Å². The minimum Gasteiger partial charge on any atom is -0.741 e. The van der Waals surface area contributed by atoms with Gasteiger partial charge in [0.1, 0.15) is 12.4 Å². The van der Waals surface area contributed by atoms with Crippen molar-refractivity contribution >= 4 is 10.1 Å². The summed E-state index contributed by atoms with van der Waals surface area (Å²) in [7, 11) is -2.02. The maximum atomic E-state index is 10.7. The molecule has 0 saturated heterocycles. The van der Waals surface area contributed by atoms with Gasteiger partial charge in [0, 0.05) is 6.92 Å². The Morgan fingerprint density at radius 2 is 1.81 bits per heavy atom. The molecular formula is C7H11F3N2O3S.